The van der Waals surface area contributed by atoms with Gasteiger partial charge in [-0.2, -0.15) is 0 Å². The number of carbonyl (C=O) groups excluding carboxylic acids is 1. The average Bonchev–Trinajstić information content (AvgIpc) is 3.19. The second-order valence-corrected chi connectivity index (χ2v) is 14.8. The highest BCUT2D eigenvalue weighted by Crippen LogP contribution is 2.38. The molecule has 42 heavy (non-hydrogen) atoms. The van der Waals surface area contributed by atoms with Crippen LogP contribution < -0.4 is 14.9 Å². The molecule has 7 nitrogen and oxygen atoms in total. The molecule has 2 aromatic heterocycles. The molecule has 8 heteroatoms. The predicted molar refractivity (Wildman–Crippen MR) is 179 cm³/mol. The van der Waals surface area contributed by atoms with Gasteiger partial charge in [-0.15, -0.1) is 0 Å². The van der Waals surface area contributed by atoms with Crippen molar-refractivity contribution in [3.63, 3.8) is 0 Å². The molecule has 1 aliphatic rings. The quantitative estimate of drug-likeness (QED) is 0.185. The van der Waals surface area contributed by atoms with Crippen LogP contribution in [0.15, 0.2) is 60.5 Å². The summed E-state index contributed by atoms with van der Waals surface area (Å²) >= 11 is 1.12. The third kappa shape index (κ3) is 8.24. The Hall–Kier alpha value is -3.13. The molecule has 2 N–H and O–H groups in total. The zero-order valence-corrected chi connectivity index (χ0v) is 28.1. The lowest BCUT2D eigenvalue weighted by molar-refractivity contribution is 0.0984. The molecule has 3 heterocycles. The van der Waals surface area contributed by atoms with Gasteiger partial charge in [0, 0.05) is 41.3 Å². The smallest absolute Gasteiger partial charge is 0.265 e. The lowest BCUT2D eigenvalue weighted by Crippen LogP contribution is -2.40. The lowest BCUT2D eigenvalue weighted by Gasteiger charge is -2.34. The van der Waals surface area contributed by atoms with E-state index in [0.29, 0.717) is 22.3 Å². The number of aliphatic imine (C=N–C) groups is 1. The van der Waals surface area contributed by atoms with E-state index >= 15 is 0 Å². The molecule has 2 atom stereocenters. The van der Waals surface area contributed by atoms with Gasteiger partial charge in [-0.3, -0.25) is 14.5 Å². The van der Waals surface area contributed by atoms with E-state index in [2.05, 4.69) is 119 Å². The minimum Gasteiger partial charge on any atom is -0.362 e. The zero-order valence-electron chi connectivity index (χ0n) is 27.3. The number of anilines is 1. The fraction of sp³-hybridized carbons (Fsp3) is 0.529. The summed E-state index contributed by atoms with van der Waals surface area (Å²) in [6, 6.07) is 8.00. The van der Waals surface area contributed by atoms with Gasteiger partial charge in [0.2, 0.25) is 0 Å². The minimum atomic E-state index is -0.221. The number of hydrogen-bond donors (Lipinski definition) is 2. The standard InChI is InChI=1S/C34H50N6OS/c1-13-26(27-19-24(17-18-35-27)32(5,6)7)36-23(4)37-29(14-2)42-39-31(41)25-15-16-28(33(8,9)10)38-30(25)40-21-22(3)20-34(40,11)12/h14-19,22,26,36H,2,4,13,20-21H2,1,3,5-12H3,(H,39,41)/b37-29+. The van der Waals surface area contributed by atoms with Crippen LogP contribution in [0.4, 0.5) is 5.82 Å². The predicted octanol–water partition coefficient (Wildman–Crippen LogP) is 7.87. The molecule has 1 aliphatic heterocycles. The third-order valence-electron chi connectivity index (χ3n) is 7.64. The van der Waals surface area contributed by atoms with Crippen molar-refractivity contribution in [3.8, 4) is 0 Å². The molecule has 0 bridgehead atoms. The highest BCUT2D eigenvalue weighted by atomic mass is 32.2. The van der Waals surface area contributed by atoms with Crippen LogP contribution in [0.1, 0.15) is 115 Å². The van der Waals surface area contributed by atoms with E-state index in [1.807, 2.05) is 18.3 Å². The van der Waals surface area contributed by atoms with Crippen LogP contribution in [0.3, 0.4) is 0 Å². The summed E-state index contributed by atoms with van der Waals surface area (Å²) in [7, 11) is 0. The van der Waals surface area contributed by atoms with Gasteiger partial charge in [0.25, 0.3) is 5.91 Å². The highest BCUT2D eigenvalue weighted by molar-refractivity contribution is 8.13. The summed E-state index contributed by atoms with van der Waals surface area (Å²) in [5, 5.41) is 3.92. The normalized spacial score (nSPS) is 18.0. The largest absolute Gasteiger partial charge is 0.362 e. The summed E-state index contributed by atoms with van der Waals surface area (Å²) in [4.78, 5) is 30.1. The molecule has 0 radical (unpaired) electrons. The van der Waals surface area contributed by atoms with Crippen molar-refractivity contribution >= 4 is 28.7 Å². The van der Waals surface area contributed by atoms with Gasteiger partial charge in [-0.1, -0.05) is 68.5 Å². The Bertz CT molecular complexity index is 1330. The van der Waals surface area contributed by atoms with Gasteiger partial charge in [0.1, 0.15) is 16.7 Å². The zero-order chi connectivity index (χ0) is 31.5. The van der Waals surface area contributed by atoms with Crippen molar-refractivity contribution in [1.82, 2.24) is 20.0 Å². The third-order valence-corrected chi connectivity index (χ3v) is 8.39. The molecule has 1 amide bonds. The van der Waals surface area contributed by atoms with Crippen molar-refractivity contribution in [3.05, 3.63) is 78.0 Å². The molecule has 228 valence electrons. The molecule has 0 aliphatic carbocycles. The van der Waals surface area contributed by atoms with E-state index in [-0.39, 0.29) is 28.3 Å². The fourth-order valence-corrected chi connectivity index (χ4v) is 5.88. The molecule has 1 fully saturated rings. The first kappa shape index (κ1) is 33.4. The van der Waals surface area contributed by atoms with Crippen molar-refractivity contribution in [2.24, 2.45) is 10.9 Å². The van der Waals surface area contributed by atoms with Gasteiger partial charge in [-0.05, 0) is 73.9 Å². The van der Waals surface area contributed by atoms with Gasteiger partial charge in [-0.25, -0.2) is 9.98 Å². The maximum atomic E-state index is 13.6. The first-order chi connectivity index (χ1) is 19.5. The Morgan fingerprint density at radius 3 is 2.45 bits per heavy atom. The number of nitrogens with zero attached hydrogens (tertiary/aromatic N) is 4. The molecular weight excluding hydrogens is 540 g/mol. The first-order valence-corrected chi connectivity index (χ1v) is 15.7. The molecule has 0 spiro atoms. The Balaban J connectivity index is 1.78. The SMILES string of the molecule is C=C/C(=N\C(=C)NC(CC)c1cc(C(C)(C)C)ccn1)SNC(=O)c1ccc(C(C)(C)C)nc1N1CC(C)CC1(C)C. The monoisotopic (exact) mass is 590 g/mol. The van der Waals surface area contributed by atoms with Crippen molar-refractivity contribution < 1.29 is 4.79 Å². The molecular formula is C34H50N6OS. The summed E-state index contributed by atoms with van der Waals surface area (Å²) in [5.74, 6) is 1.50. The molecule has 2 unspecified atom stereocenters. The van der Waals surface area contributed by atoms with Crippen LogP contribution in [0.5, 0.6) is 0 Å². The Labute approximate surface area is 257 Å². The van der Waals surface area contributed by atoms with Crippen molar-refractivity contribution in [1.29, 1.82) is 0 Å². The van der Waals surface area contributed by atoms with Gasteiger partial charge < -0.3 is 10.2 Å². The van der Waals surface area contributed by atoms with Gasteiger partial charge in [0.15, 0.2) is 0 Å². The molecule has 2 aromatic rings. The Morgan fingerprint density at radius 2 is 1.90 bits per heavy atom. The topological polar surface area (TPSA) is 82.5 Å². The lowest BCUT2D eigenvalue weighted by atomic mass is 9.87. The summed E-state index contributed by atoms with van der Waals surface area (Å²) in [5.41, 5.74) is 3.47. The van der Waals surface area contributed by atoms with E-state index in [1.54, 1.807) is 6.08 Å². The Kier molecular flexibility index (Phi) is 10.3. The van der Waals surface area contributed by atoms with Gasteiger partial charge in [0.05, 0.1) is 17.3 Å². The second-order valence-electron chi connectivity index (χ2n) is 14.0. The van der Waals surface area contributed by atoms with Crippen LogP contribution in [0, 0.1) is 5.92 Å². The van der Waals surface area contributed by atoms with E-state index < -0.39 is 0 Å². The first-order valence-electron chi connectivity index (χ1n) is 14.9. The summed E-state index contributed by atoms with van der Waals surface area (Å²) in [6.07, 6.45) is 5.33. The number of rotatable bonds is 8. The van der Waals surface area contributed by atoms with Crippen LogP contribution in [-0.4, -0.2) is 33.0 Å². The minimum absolute atomic E-state index is 0.0290. The maximum absolute atomic E-state index is 13.6. The van der Waals surface area contributed by atoms with Crippen molar-refractivity contribution in [2.75, 3.05) is 11.4 Å². The van der Waals surface area contributed by atoms with Gasteiger partial charge >= 0.3 is 0 Å². The van der Waals surface area contributed by atoms with E-state index in [4.69, 9.17) is 4.98 Å². The van der Waals surface area contributed by atoms with Crippen LogP contribution in [0.25, 0.3) is 0 Å². The summed E-state index contributed by atoms with van der Waals surface area (Å²) < 4.78 is 2.97. The van der Waals surface area contributed by atoms with Crippen LogP contribution >= 0.6 is 11.9 Å². The average molecular weight is 591 g/mol. The molecule has 3 rings (SSSR count). The second kappa shape index (κ2) is 13.0. The van der Waals surface area contributed by atoms with E-state index in [1.165, 1.54) is 5.56 Å². The van der Waals surface area contributed by atoms with Crippen LogP contribution in [-0.2, 0) is 10.8 Å². The summed E-state index contributed by atoms with van der Waals surface area (Å²) in [6.45, 7) is 30.7. The molecule has 1 saturated heterocycles. The highest BCUT2D eigenvalue weighted by Gasteiger charge is 2.39. The number of amides is 1. The van der Waals surface area contributed by atoms with Crippen LogP contribution in [0.2, 0.25) is 0 Å². The number of aromatic nitrogens is 2. The van der Waals surface area contributed by atoms with E-state index in [0.717, 1.165) is 48.5 Å². The molecule has 0 saturated carbocycles. The molecule has 0 aromatic carbocycles. The Morgan fingerprint density at radius 1 is 1.21 bits per heavy atom. The van der Waals surface area contributed by atoms with E-state index in [9.17, 15) is 4.79 Å². The maximum Gasteiger partial charge on any atom is 0.265 e. The number of pyridine rings is 2. The van der Waals surface area contributed by atoms with Crippen molar-refractivity contribution in [2.45, 2.75) is 104 Å². The number of hydrogen-bond acceptors (Lipinski definition) is 7. The number of nitrogens with one attached hydrogen (secondary N) is 2. The fourth-order valence-electron chi connectivity index (χ4n) is 5.33. The number of carbonyl (C=O) groups is 1.